The summed E-state index contributed by atoms with van der Waals surface area (Å²) in [6.07, 6.45) is 0. The van der Waals surface area contributed by atoms with Gasteiger partial charge in [-0.2, -0.15) is 5.10 Å². The molecule has 3 aromatic carbocycles. The molecule has 4 aromatic rings. The quantitative estimate of drug-likeness (QED) is 0.210. The molecule has 0 atom stereocenters. The lowest BCUT2D eigenvalue weighted by Crippen LogP contribution is -2.21. The molecule has 0 aliphatic carbocycles. The lowest BCUT2D eigenvalue weighted by molar-refractivity contribution is -0.118. The van der Waals surface area contributed by atoms with E-state index in [1.54, 1.807) is 43.3 Å². The average Bonchev–Trinajstić information content (AvgIpc) is 3.26. The van der Waals surface area contributed by atoms with E-state index in [4.69, 9.17) is 11.6 Å². The van der Waals surface area contributed by atoms with Crippen molar-refractivity contribution in [2.24, 2.45) is 5.10 Å². The summed E-state index contributed by atoms with van der Waals surface area (Å²) in [6.45, 7) is 3.81. The molecule has 1 aromatic heterocycles. The summed E-state index contributed by atoms with van der Waals surface area (Å²) >= 11 is 7.32. The Morgan fingerprint density at radius 2 is 1.71 bits per heavy atom. The van der Waals surface area contributed by atoms with Gasteiger partial charge in [-0.05, 0) is 80.1 Å². The predicted molar refractivity (Wildman–Crippen MR) is 136 cm³/mol. The molecule has 0 saturated heterocycles. The first kappa shape index (κ1) is 23.5. The van der Waals surface area contributed by atoms with Gasteiger partial charge in [0.05, 0.1) is 11.5 Å². The van der Waals surface area contributed by atoms with Gasteiger partial charge >= 0.3 is 0 Å². The third-order valence-corrected chi connectivity index (χ3v) is 6.17. The van der Waals surface area contributed by atoms with Crippen molar-refractivity contribution in [3.05, 3.63) is 88.9 Å². The van der Waals surface area contributed by atoms with Crippen molar-refractivity contribution in [1.29, 1.82) is 0 Å². The molecule has 172 valence electrons. The highest BCUT2D eigenvalue weighted by Crippen LogP contribution is 2.28. The summed E-state index contributed by atoms with van der Waals surface area (Å²) in [5, 5.41) is 23.5. The highest BCUT2D eigenvalue weighted by molar-refractivity contribution is 7.99. The Morgan fingerprint density at radius 1 is 1.03 bits per heavy atom. The van der Waals surface area contributed by atoms with Gasteiger partial charge < -0.3 is 5.11 Å². The number of thioether (sulfide) groups is 1. The van der Waals surface area contributed by atoms with Crippen LogP contribution in [0.1, 0.15) is 18.1 Å². The number of aryl methyl sites for hydroxylation is 1. The molecule has 0 aliphatic heterocycles. The second-order valence-corrected chi connectivity index (χ2v) is 8.93. The Morgan fingerprint density at radius 3 is 2.38 bits per heavy atom. The van der Waals surface area contributed by atoms with Gasteiger partial charge in [0, 0.05) is 16.3 Å². The molecule has 2 N–H and O–H groups in total. The monoisotopic (exact) mass is 491 g/mol. The van der Waals surface area contributed by atoms with Gasteiger partial charge in [-0.15, -0.1) is 10.2 Å². The van der Waals surface area contributed by atoms with E-state index in [1.165, 1.54) is 11.8 Å². The van der Waals surface area contributed by atoms with Gasteiger partial charge in [-0.25, -0.2) is 5.43 Å². The van der Waals surface area contributed by atoms with Crippen molar-refractivity contribution in [3.63, 3.8) is 0 Å². The number of nitrogens with zero attached hydrogens (tertiary/aromatic N) is 4. The molecule has 1 heterocycles. The number of hydrogen-bond acceptors (Lipinski definition) is 6. The SMILES string of the molecule is CC(=NNC(=O)CSc1nnc(-c2ccc(Cl)cc2)n1-c1ccc(C)cc1)c1ccc(O)cc1. The van der Waals surface area contributed by atoms with Crippen molar-refractivity contribution in [1.82, 2.24) is 20.2 Å². The van der Waals surface area contributed by atoms with E-state index in [0.717, 1.165) is 22.4 Å². The van der Waals surface area contributed by atoms with Crippen molar-refractivity contribution in [2.45, 2.75) is 19.0 Å². The van der Waals surface area contributed by atoms with E-state index in [2.05, 4.69) is 20.7 Å². The number of carbonyl (C=O) groups is 1. The smallest absolute Gasteiger partial charge is 0.250 e. The molecule has 9 heteroatoms. The lowest BCUT2D eigenvalue weighted by Gasteiger charge is -2.11. The van der Waals surface area contributed by atoms with Crippen molar-refractivity contribution >= 4 is 35.0 Å². The molecule has 34 heavy (non-hydrogen) atoms. The maximum absolute atomic E-state index is 12.5. The van der Waals surface area contributed by atoms with Crippen LogP contribution in [0.4, 0.5) is 0 Å². The number of hydrazone groups is 1. The number of aromatic hydroxyl groups is 1. The first-order valence-corrected chi connectivity index (χ1v) is 11.8. The number of amides is 1. The summed E-state index contributed by atoms with van der Waals surface area (Å²) in [7, 11) is 0. The summed E-state index contributed by atoms with van der Waals surface area (Å²) in [5.74, 6) is 0.670. The number of hydrogen-bond donors (Lipinski definition) is 2. The normalized spacial score (nSPS) is 11.4. The Bertz CT molecular complexity index is 1320. The average molecular weight is 492 g/mol. The van der Waals surface area contributed by atoms with Crippen LogP contribution in [0, 0.1) is 6.92 Å². The number of halogens is 1. The minimum Gasteiger partial charge on any atom is -0.508 e. The first-order chi connectivity index (χ1) is 16.4. The van der Waals surface area contributed by atoms with Gasteiger partial charge in [0.1, 0.15) is 5.75 Å². The van der Waals surface area contributed by atoms with Crippen LogP contribution in [0.3, 0.4) is 0 Å². The molecular formula is C25H22ClN5O2S. The van der Waals surface area contributed by atoms with Gasteiger partial charge in [0.15, 0.2) is 11.0 Å². The third kappa shape index (κ3) is 5.65. The highest BCUT2D eigenvalue weighted by Gasteiger charge is 2.17. The molecule has 0 aliphatic rings. The number of carbonyl (C=O) groups excluding carboxylic acids is 1. The third-order valence-electron chi connectivity index (χ3n) is 4.99. The molecule has 7 nitrogen and oxygen atoms in total. The van der Waals surface area contributed by atoms with Gasteiger partial charge in [0.2, 0.25) is 0 Å². The highest BCUT2D eigenvalue weighted by atomic mass is 35.5. The van der Waals surface area contributed by atoms with Crippen molar-refractivity contribution in [3.8, 4) is 22.8 Å². The molecule has 0 spiro atoms. The van der Waals surface area contributed by atoms with Crippen LogP contribution >= 0.6 is 23.4 Å². The van der Waals surface area contributed by atoms with Crippen LogP contribution in [-0.4, -0.2) is 37.2 Å². The van der Waals surface area contributed by atoms with E-state index < -0.39 is 0 Å². The molecular weight excluding hydrogens is 470 g/mol. The zero-order valence-corrected chi connectivity index (χ0v) is 20.1. The minimum atomic E-state index is -0.269. The van der Waals surface area contributed by atoms with Crippen LogP contribution in [-0.2, 0) is 4.79 Å². The predicted octanol–water partition coefficient (Wildman–Crippen LogP) is 5.23. The van der Waals surface area contributed by atoms with E-state index in [0.29, 0.717) is 21.7 Å². The molecule has 0 unspecified atom stereocenters. The van der Waals surface area contributed by atoms with Gasteiger partial charge in [-0.3, -0.25) is 9.36 Å². The minimum absolute atomic E-state index is 0.108. The topological polar surface area (TPSA) is 92.4 Å². The van der Waals surface area contributed by atoms with E-state index in [1.807, 2.05) is 47.9 Å². The molecule has 0 bridgehead atoms. The second kappa shape index (κ2) is 10.5. The molecule has 0 radical (unpaired) electrons. The first-order valence-electron chi connectivity index (χ1n) is 10.4. The Hall–Kier alpha value is -3.62. The molecule has 1 amide bonds. The Balaban J connectivity index is 1.52. The summed E-state index contributed by atoms with van der Waals surface area (Å²) in [6, 6.07) is 22.0. The fraction of sp³-hybridized carbons (Fsp3) is 0.120. The fourth-order valence-electron chi connectivity index (χ4n) is 3.15. The maximum atomic E-state index is 12.5. The molecule has 0 fully saturated rings. The van der Waals surface area contributed by atoms with Crippen LogP contribution in [0.15, 0.2) is 83.1 Å². The van der Waals surface area contributed by atoms with E-state index in [9.17, 15) is 9.90 Å². The lowest BCUT2D eigenvalue weighted by atomic mass is 10.1. The van der Waals surface area contributed by atoms with Crippen LogP contribution < -0.4 is 5.43 Å². The standard InChI is InChI=1S/C25H22ClN5O2S/c1-16-3-11-21(12-4-16)31-24(19-5-9-20(26)10-6-19)29-30-25(31)34-15-23(33)28-27-17(2)18-7-13-22(32)14-8-18/h3-14,32H,15H2,1-2H3,(H,28,33). The fourth-order valence-corrected chi connectivity index (χ4v) is 4.02. The number of phenolic OH excluding ortho intramolecular Hbond substituents is 1. The van der Waals surface area contributed by atoms with Crippen LogP contribution in [0.5, 0.6) is 5.75 Å². The number of benzene rings is 3. The molecule has 0 saturated carbocycles. The van der Waals surface area contributed by atoms with E-state index >= 15 is 0 Å². The zero-order chi connectivity index (χ0) is 24.1. The Kier molecular flexibility index (Phi) is 7.30. The number of nitrogens with one attached hydrogen (secondary N) is 1. The molecule has 4 rings (SSSR count). The largest absolute Gasteiger partial charge is 0.508 e. The summed E-state index contributed by atoms with van der Waals surface area (Å²) in [4.78, 5) is 12.5. The number of aromatic nitrogens is 3. The summed E-state index contributed by atoms with van der Waals surface area (Å²) < 4.78 is 1.92. The van der Waals surface area contributed by atoms with Crippen molar-refractivity contribution in [2.75, 3.05) is 5.75 Å². The second-order valence-electron chi connectivity index (χ2n) is 7.55. The Labute approximate surface area is 206 Å². The summed E-state index contributed by atoms with van der Waals surface area (Å²) in [5.41, 5.74) is 6.90. The van der Waals surface area contributed by atoms with Crippen LogP contribution in [0.25, 0.3) is 17.1 Å². The van der Waals surface area contributed by atoms with E-state index in [-0.39, 0.29) is 17.4 Å². The van der Waals surface area contributed by atoms with Gasteiger partial charge in [-0.1, -0.05) is 41.1 Å². The van der Waals surface area contributed by atoms with Crippen molar-refractivity contribution < 1.29 is 9.90 Å². The zero-order valence-electron chi connectivity index (χ0n) is 18.6. The maximum Gasteiger partial charge on any atom is 0.250 e. The van der Waals surface area contributed by atoms with Gasteiger partial charge in [0.25, 0.3) is 5.91 Å². The number of phenols is 1. The van der Waals surface area contributed by atoms with Crippen LogP contribution in [0.2, 0.25) is 5.02 Å². The number of rotatable bonds is 7.